The van der Waals surface area contributed by atoms with Gasteiger partial charge in [0, 0.05) is 18.1 Å². The van der Waals surface area contributed by atoms with Crippen molar-refractivity contribution in [3.05, 3.63) is 83.7 Å². The van der Waals surface area contributed by atoms with Gasteiger partial charge in [-0.3, -0.25) is 0 Å². The Morgan fingerprint density at radius 2 is 1.35 bits per heavy atom. The van der Waals surface area contributed by atoms with Crippen LogP contribution in [0.5, 0.6) is 11.5 Å². The van der Waals surface area contributed by atoms with Gasteiger partial charge < -0.3 is 23.7 Å². The van der Waals surface area contributed by atoms with Gasteiger partial charge in [0.1, 0.15) is 17.3 Å². The van der Waals surface area contributed by atoms with Gasteiger partial charge in [0.2, 0.25) is 0 Å². The highest BCUT2D eigenvalue weighted by Gasteiger charge is 2.33. The van der Waals surface area contributed by atoms with Crippen LogP contribution in [0.25, 0.3) is 11.1 Å². The lowest BCUT2D eigenvalue weighted by Gasteiger charge is -2.37. The monoisotopic (exact) mass is 676 g/mol. The van der Waals surface area contributed by atoms with E-state index in [0.29, 0.717) is 12.2 Å². The fourth-order valence-corrected chi connectivity index (χ4v) is 5.43. The van der Waals surface area contributed by atoms with Gasteiger partial charge >= 0.3 is 11.9 Å². The van der Waals surface area contributed by atoms with Crippen molar-refractivity contribution in [2.75, 3.05) is 39.6 Å². The zero-order chi connectivity index (χ0) is 34.9. The average Bonchev–Trinajstić information content (AvgIpc) is 3.10. The summed E-state index contributed by atoms with van der Waals surface area (Å²) in [5.74, 6) is -1.13. The van der Waals surface area contributed by atoms with Crippen LogP contribution in [0.2, 0.25) is 0 Å². The first-order valence-corrected chi connectivity index (χ1v) is 17.9. The number of esters is 2. The Balaban J connectivity index is 1.07. The molecule has 0 amide bonds. The third kappa shape index (κ3) is 12.9. The molecule has 1 atom stereocenters. The summed E-state index contributed by atoms with van der Waals surface area (Å²) in [5.41, 5.74) is 2.32. The van der Waals surface area contributed by atoms with E-state index < -0.39 is 17.8 Å². The van der Waals surface area contributed by atoms with Gasteiger partial charge in [-0.1, -0.05) is 96.4 Å². The van der Waals surface area contributed by atoms with Gasteiger partial charge in [0.25, 0.3) is 0 Å². The molecule has 3 aromatic rings. The largest absolute Gasteiger partial charge is 0.494 e. The summed E-state index contributed by atoms with van der Waals surface area (Å²) < 4.78 is 42.1. The minimum absolute atomic E-state index is 0.00839. The number of ether oxygens (including phenoxy) is 5. The van der Waals surface area contributed by atoms with Crippen LogP contribution in [0.15, 0.2) is 66.7 Å². The second kappa shape index (κ2) is 20.1. The van der Waals surface area contributed by atoms with Crippen molar-refractivity contribution in [1.82, 2.24) is 0 Å². The fraction of sp³-hybridized carbons (Fsp3) is 0.512. The molecule has 0 aromatic heterocycles. The number of rotatable bonds is 22. The highest BCUT2D eigenvalue weighted by Crippen LogP contribution is 2.27. The van der Waals surface area contributed by atoms with E-state index in [-0.39, 0.29) is 29.3 Å². The van der Waals surface area contributed by atoms with Crippen molar-refractivity contribution in [2.24, 2.45) is 11.3 Å². The van der Waals surface area contributed by atoms with E-state index in [1.165, 1.54) is 57.1 Å². The molecule has 0 aliphatic carbocycles. The second-order valence-electron chi connectivity index (χ2n) is 13.6. The van der Waals surface area contributed by atoms with Crippen LogP contribution in [0, 0.1) is 17.2 Å². The maximum Gasteiger partial charge on any atom is 0.343 e. The first-order chi connectivity index (χ1) is 23.8. The number of benzene rings is 3. The molecule has 7 nitrogen and oxygen atoms in total. The van der Waals surface area contributed by atoms with Gasteiger partial charge in [0.15, 0.2) is 0 Å². The van der Waals surface area contributed by atoms with Crippen molar-refractivity contribution < 1.29 is 37.7 Å². The molecule has 49 heavy (non-hydrogen) atoms. The molecule has 0 spiro atoms. The molecule has 1 saturated heterocycles. The van der Waals surface area contributed by atoms with Crippen LogP contribution < -0.4 is 9.47 Å². The summed E-state index contributed by atoms with van der Waals surface area (Å²) in [6.45, 7) is 10.4. The van der Waals surface area contributed by atoms with Crippen LogP contribution in [0.3, 0.4) is 0 Å². The van der Waals surface area contributed by atoms with E-state index in [0.717, 1.165) is 68.6 Å². The zero-order valence-corrected chi connectivity index (χ0v) is 29.5. The van der Waals surface area contributed by atoms with Crippen molar-refractivity contribution in [1.29, 1.82) is 0 Å². The fourth-order valence-electron chi connectivity index (χ4n) is 5.43. The van der Waals surface area contributed by atoms with Gasteiger partial charge in [0.05, 0.1) is 44.2 Å². The first-order valence-electron chi connectivity index (χ1n) is 17.9. The summed E-state index contributed by atoms with van der Waals surface area (Å²) in [6.07, 6.45) is 11.9. The SMILES string of the molecule is CC[C@@H](C)COC(=O)c1ccc(OC(=O)c2ccc(-c3ccc(OCCCCCCCCCCCOCC4(C)COC4)cc3)cc2)cc1F. The van der Waals surface area contributed by atoms with Gasteiger partial charge in [-0.05, 0) is 66.3 Å². The van der Waals surface area contributed by atoms with E-state index in [2.05, 4.69) is 6.92 Å². The quantitative estimate of drug-likeness (QED) is 0.0595. The molecule has 0 bridgehead atoms. The standard InChI is InChI=1S/C41H53FO7/c1-4-31(2)27-48-40(44)37-23-22-36(26-38(37)42)49-39(43)34-16-14-32(15-17-34)33-18-20-35(21-19-33)47-25-13-11-9-7-5-6-8-10-12-24-45-28-41(3)29-46-30-41/h14-23,26,31H,4-13,24-25,27-30H2,1-3H3/t31-/m1/s1. The third-order valence-electron chi connectivity index (χ3n) is 8.93. The van der Waals surface area contributed by atoms with Crippen molar-refractivity contribution >= 4 is 11.9 Å². The van der Waals surface area contributed by atoms with E-state index in [9.17, 15) is 14.0 Å². The highest BCUT2D eigenvalue weighted by atomic mass is 19.1. The minimum Gasteiger partial charge on any atom is -0.494 e. The molecule has 266 valence electrons. The Morgan fingerprint density at radius 1 is 0.776 bits per heavy atom. The van der Waals surface area contributed by atoms with Crippen LogP contribution in [0.1, 0.15) is 106 Å². The molecule has 1 heterocycles. The van der Waals surface area contributed by atoms with E-state index in [1.807, 2.05) is 50.2 Å². The molecule has 1 aliphatic heterocycles. The Hall–Kier alpha value is -3.75. The van der Waals surface area contributed by atoms with Gasteiger partial charge in [-0.15, -0.1) is 0 Å². The number of carbonyl (C=O) groups excluding carboxylic acids is 2. The number of carbonyl (C=O) groups is 2. The van der Waals surface area contributed by atoms with Crippen LogP contribution >= 0.6 is 0 Å². The summed E-state index contributed by atoms with van der Waals surface area (Å²) >= 11 is 0. The number of hydrogen-bond donors (Lipinski definition) is 0. The molecule has 1 fully saturated rings. The van der Waals surface area contributed by atoms with Crippen LogP contribution in [-0.4, -0.2) is 51.6 Å². The molecule has 0 saturated carbocycles. The maximum absolute atomic E-state index is 14.6. The molecule has 0 radical (unpaired) electrons. The van der Waals surface area contributed by atoms with Gasteiger partial charge in [-0.25, -0.2) is 14.0 Å². The van der Waals surface area contributed by atoms with Crippen molar-refractivity contribution in [3.63, 3.8) is 0 Å². The second-order valence-corrected chi connectivity index (χ2v) is 13.6. The van der Waals surface area contributed by atoms with Crippen molar-refractivity contribution in [3.8, 4) is 22.6 Å². The third-order valence-corrected chi connectivity index (χ3v) is 8.93. The summed E-state index contributed by atoms with van der Waals surface area (Å²) in [5, 5.41) is 0. The Bertz CT molecular complexity index is 1430. The predicted molar refractivity (Wildman–Crippen MR) is 190 cm³/mol. The first kappa shape index (κ1) is 38.1. The van der Waals surface area contributed by atoms with E-state index in [1.54, 1.807) is 12.1 Å². The summed E-state index contributed by atoms with van der Waals surface area (Å²) in [4.78, 5) is 24.9. The Kier molecular flexibility index (Phi) is 15.6. The average molecular weight is 677 g/mol. The molecule has 1 aliphatic rings. The normalized spacial score (nSPS) is 14.1. The van der Waals surface area contributed by atoms with Crippen LogP contribution in [-0.2, 0) is 14.2 Å². The zero-order valence-electron chi connectivity index (χ0n) is 29.5. The maximum atomic E-state index is 14.6. The lowest BCUT2D eigenvalue weighted by Crippen LogP contribution is -2.43. The van der Waals surface area contributed by atoms with Crippen LogP contribution in [0.4, 0.5) is 4.39 Å². The van der Waals surface area contributed by atoms with Crippen molar-refractivity contribution in [2.45, 2.75) is 85.0 Å². The molecule has 8 heteroatoms. The lowest BCUT2D eigenvalue weighted by atomic mass is 9.90. The summed E-state index contributed by atoms with van der Waals surface area (Å²) in [7, 11) is 0. The number of unbranched alkanes of at least 4 members (excludes halogenated alkanes) is 8. The number of halogens is 1. The molecular weight excluding hydrogens is 623 g/mol. The van der Waals surface area contributed by atoms with Gasteiger partial charge in [-0.2, -0.15) is 0 Å². The Morgan fingerprint density at radius 3 is 1.92 bits per heavy atom. The smallest absolute Gasteiger partial charge is 0.343 e. The minimum atomic E-state index is -0.804. The molecule has 3 aromatic carbocycles. The highest BCUT2D eigenvalue weighted by molar-refractivity contribution is 5.92. The predicted octanol–water partition coefficient (Wildman–Crippen LogP) is 9.86. The molecule has 0 unspecified atom stereocenters. The van der Waals surface area contributed by atoms with E-state index in [4.69, 9.17) is 23.7 Å². The lowest BCUT2D eigenvalue weighted by molar-refractivity contribution is -0.137. The summed E-state index contributed by atoms with van der Waals surface area (Å²) in [6, 6.07) is 18.6. The molecular formula is C41H53FO7. The number of hydrogen-bond acceptors (Lipinski definition) is 7. The topological polar surface area (TPSA) is 80.3 Å². The molecule has 0 N–H and O–H groups in total. The molecule has 4 rings (SSSR count). The van der Waals surface area contributed by atoms with E-state index >= 15 is 0 Å². The Labute approximate surface area is 291 Å².